The Hall–Kier alpha value is -2.99. The average Bonchev–Trinajstić information content (AvgIpc) is 3.05. The number of hydrogen-bond acceptors (Lipinski definition) is 4. The molecule has 0 fully saturated rings. The first-order valence-electron chi connectivity index (χ1n) is 7.27. The molecule has 2 amide bonds. The summed E-state index contributed by atoms with van der Waals surface area (Å²) in [6.07, 6.45) is 0. The van der Waals surface area contributed by atoms with Crippen LogP contribution >= 0.6 is 11.3 Å². The molecule has 3 rings (SSSR count). The smallest absolute Gasteiger partial charge is 0.268 e. The number of amides is 2. The topological polar surface area (TPSA) is 85.1 Å². The molecule has 1 aromatic heterocycles. The minimum absolute atomic E-state index is 0.119. The van der Waals surface area contributed by atoms with Crippen LogP contribution in [0.25, 0.3) is 21.7 Å². The fraction of sp³-hybridized carbons (Fsp3) is 0.0556. The van der Waals surface area contributed by atoms with Crippen molar-refractivity contribution in [3.05, 3.63) is 59.6 Å². The molecule has 0 saturated heterocycles. The molecule has 5 nitrogen and oxygen atoms in total. The van der Waals surface area contributed by atoms with Crippen molar-refractivity contribution in [1.82, 2.24) is 4.98 Å². The van der Waals surface area contributed by atoms with Crippen LogP contribution in [0, 0.1) is 0 Å². The van der Waals surface area contributed by atoms with Crippen LogP contribution in [-0.4, -0.2) is 16.8 Å². The van der Waals surface area contributed by atoms with Gasteiger partial charge in [0.15, 0.2) is 0 Å². The second kappa shape index (κ2) is 6.64. The van der Waals surface area contributed by atoms with Crippen LogP contribution in [0.2, 0.25) is 0 Å². The number of nitrogens with zero attached hydrogens (tertiary/aromatic N) is 1. The molecule has 0 aliphatic carbocycles. The van der Waals surface area contributed by atoms with E-state index in [0.29, 0.717) is 0 Å². The Balaban J connectivity index is 2.06. The van der Waals surface area contributed by atoms with Gasteiger partial charge < -0.3 is 11.1 Å². The minimum Gasteiger partial charge on any atom is -0.364 e. The van der Waals surface area contributed by atoms with E-state index in [1.165, 1.54) is 18.3 Å². The summed E-state index contributed by atoms with van der Waals surface area (Å²) in [6.45, 7) is 1.47. The summed E-state index contributed by atoms with van der Waals surface area (Å²) in [5.41, 5.74) is 9.11. The van der Waals surface area contributed by atoms with E-state index in [-0.39, 0.29) is 11.6 Å². The standard InChI is InChI=1S/C18H15N3O2S/c1-11(22)20-13-6-4-5-12(9-13)14-7-2-3-8-15(14)18-21-16(10-24-18)17(19)23/h2-10H,1H3,(H2,19,23)(H,20,22). The molecule has 0 spiro atoms. The summed E-state index contributed by atoms with van der Waals surface area (Å²) in [4.78, 5) is 26.8. The molecule has 6 heteroatoms. The number of primary amides is 1. The van der Waals surface area contributed by atoms with E-state index >= 15 is 0 Å². The van der Waals surface area contributed by atoms with E-state index in [1.54, 1.807) is 5.38 Å². The summed E-state index contributed by atoms with van der Waals surface area (Å²) in [5, 5.41) is 5.16. The Morgan fingerprint density at radius 3 is 2.50 bits per heavy atom. The average molecular weight is 337 g/mol. The molecule has 0 atom stereocenters. The van der Waals surface area contributed by atoms with Gasteiger partial charge >= 0.3 is 0 Å². The molecule has 2 aromatic carbocycles. The van der Waals surface area contributed by atoms with Crippen LogP contribution in [0.4, 0.5) is 5.69 Å². The van der Waals surface area contributed by atoms with Gasteiger partial charge in [-0.2, -0.15) is 0 Å². The number of rotatable bonds is 4. The van der Waals surface area contributed by atoms with Gasteiger partial charge in [-0.25, -0.2) is 4.98 Å². The number of nitrogens with two attached hydrogens (primary N) is 1. The molecular weight excluding hydrogens is 322 g/mol. The molecule has 120 valence electrons. The van der Waals surface area contributed by atoms with E-state index in [1.807, 2.05) is 48.5 Å². The van der Waals surface area contributed by atoms with Crippen molar-refractivity contribution < 1.29 is 9.59 Å². The molecule has 0 saturated carbocycles. The second-order valence-electron chi connectivity index (χ2n) is 5.21. The van der Waals surface area contributed by atoms with Gasteiger partial charge in [-0.1, -0.05) is 36.4 Å². The van der Waals surface area contributed by atoms with Crippen molar-refractivity contribution in [2.24, 2.45) is 5.73 Å². The maximum absolute atomic E-state index is 11.3. The number of carbonyl (C=O) groups excluding carboxylic acids is 2. The molecule has 1 heterocycles. The van der Waals surface area contributed by atoms with Crippen LogP contribution < -0.4 is 11.1 Å². The predicted octanol–water partition coefficient (Wildman–Crippen LogP) is 3.53. The summed E-state index contributed by atoms with van der Waals surface area (Å²) in [5.74, 6) is -0.658. The molecule has 3 N–H and O–H groups in total. The van der Waals surface area contributed by atoms with Crippen molar-refractivity contribution in [1.29, 1.82) is 0 Å². The number of anilines is 1. The van der Waals surface area contributed by atoms with Gasteiger partial charge in [-0.3, -0.25) is 9.59 Å². The zero-order valence-corrected chi connectivity index (χ0v) is 13.8. The molecule has 24 heavy (non-hydrogen) atoms. The van der Waals surface area contributed by atoms with E-state index in [2.05, 4.69) is 10.3 Å². The normalized spacial score (nSPS) is 10.4. The van der Waals surface area contributed by atoms with Crippen molar-refractivity contribution in [2.75, 3.05) is 5.32 Å². The monoisotopic (exact) mass is 337 g/mol. The molecule has 0 bridgehead atoms. The van der Waals surface area contributed by atoms with Gasteiger partial charge in [0, 0.05) is 23.6 Å². The number of benzene rings is 2. The number of thiazole rings is 1. The number of carbonyl (C=O) groups is 2. The third kappa shape index (κ3) is 3.33. The zero-order chi connectivity index (χ0) is 17.1. The lowest BCUT2D eigenvalue weighted by atomic mass is 9.99. The summed E-state index contributed by atoms with van der Waals surface area (Å²) >= 11 is 1.37. The van der Waals surface area contributed by atoms with Gasteiger partial charge in [0.2, 0.25) is 5.91 Å². The zero-order valence-electron chi connectivity index (χ0n) is 12.9. The van der Waals surface area contributed by atoms with Gasteiger partial charge in [0.1, 0.15) is 10.7 Å². The third-order valence-corrected chi connectivity index (χ3v) is 4.28. The largest absolute Gasteiger partial charge is 0.364 e. The highest BCUT2D eigenvalue weighted by molar-refractivity contribution is 7.13. The highest BCUT2D eigenvalue weighted by atomic mass is 32.1. The maximum atomic E-state index is 11.3. The van der Waals surface area contributed by atoms with Crippen molar-refractivity contribution in [3.63, 3.8) is 0 Å². The van der Waals surface area contributed by atoms with Gasteiger partial charge in [0.05, 0.1) is 0 Å². The molecule has 0 unspecified atom stereocenters. The number of aromatic nitrogens is 1. The maximum Gasteiger partial charge on any atom is 0.268 e. The highest BCUT2D eigenvalue weighted by Gasteiger charge is 2.13. The Morgan fingerprint density at radius 2 is 1.83 bits per heavy atom. The first-order chi connectivity index (χ1) is 11.5. The number of hydrogen-bond donors (Lipinski definition) is 2. The molecule has 0 aliphatic heterocycles. The molecule has 0 radical (unpaired) electrons. The quantitative estimate of drug-likeness (QED) is 0.763. The molecule has 0 aliphatic rings. The van der Waals surface area contributed by atoms with E-state index in [4.69, 9.17) is 5.73 Å². The first kappa shape index (κ1) is 15.9. The Kier molecular flexibility index (Phi) is 4.39. The lowest BCUT2D eigenvalue weighted by Gasteiger charge is -2.09. The Labute approximate surface area is 143 Å². The predicted molar refractivity (Wildman–Crippen MR) is 95.8 cm³/mol. The van der Waals surface area contributed by atoms with Gasteiger partial charge in [-0.15, -0.1) is 11.3 Å². The van der Waals surface area contributed by atoms with Crippen molar-refractivity contribution in [3.8, 4) is 21.7 Å². The van der Waals surface area contributed by atoms with Crippen LogP contribution in [-0.2, 0) is 4.79 Å². The van der Waals surface area contributed by atoms with E-state index in [9.17, 15) is 9.59 Å². The molecular formula is C18H15N3O2S. The van der Waals surface area contributed by atoms with E-state index in [0.717, 1.165) is 27.4 Å². The number of nitrogens with one attached hydrogen (secondary N) is 1. The van der Waals surface area contributed by atoms with Crippen molar-refractivity contribution >= 4 is 28.8 Å². The fourth-order valence-corrected chi connectivity index (χ4v) is 3.25. The summed E-state index contributed by atoms with van der Waals surface area (Å²) in [7, 11) is 0. The lowest BCUT2D eigenvalue weighted by Crippen LogP contribution is -2.10. The lowest BCUT2D eigenvalue weighted by molar-refractivity contribution is -0.114. The second-order valence-corrected chi connectivity index (χ2v) is 6.07. The van der Waals surface area contributed by atoms with Crippen LogP contribution in [0.3, 0.4) is 0 Å². The van der Waals surface area contributed by atoms with E-state index < -0.39 is 5.91 Å². The highest BCUT2D eigenvalue weighted by Crippen LogP contribution is 2.34. The fourth-order valence-electron chi connectivity index (χ4n) is 2.40. The third-order valence-electron chi connectivity index (χ3n) is 3.41. The van der Waals surface area contributed by atoms with Crippen molar-refractivity contribution in [2.45, 2.75) is 6.92 Å². The van der Waals surface area contributed by atoms with Crippen LogP contribution in [0.15, 0.2) is 53.9 Å². The minimum atomic E-state index is -0.539. The summed E-state index contributed by atoms with van der Waals surface area (Å²) in [6, 6.07) is 15.4. The summed E-state index contributed by atoms with van der Waals surface area (Å²) < 4.78 is 0. The van der Waals surface area contributed by atoms with Gasteiger partial charge in [0.25, 0.3) is 5.91 Å². The Morgan fingerprint density at radius 1 is 1.08 bits per heavy atom. The Bertz CT molecular complexity index is 918. The van der Waals surface area contributed by atoms with Gasteiger partial charge in [-0.05, 0) is 23.3 Å². The first-order valence-corrected chi connectivity index (χ1v) is 8.15. The van der Waals surface area contributed by atoms with Crippen LogP contribution in [0.5, 0.6) is 0 Å². The van der Waals surface area contributed by atoms with Crippen LogP contribution in [0.1, 0.15) is 17.4 Å². The molecule has 3 aromatic rings. The SMILES string of the molecule is CC(=O)Nc1cccc(-c2ccccc2-c2nc(C(N)=O)cs2)c1.